The van der Waals surface area contributed by atoms with Gasteiger partial charge in [0.2, 0.25) is 5.91 Å². The lowest BCUT2D eigenvalue weighted by atomic mass is 10.1. The molecule has 1 N–H and O–H groups in total. The highest BCUT2D eigenvalue weighted by molar-refractivity contribution is 6.30. The average molecular weight is 310 g/mol. The summed E-state index contributed by atoms with van der Waals surface area (Å²) < 4.78 is 18.7. The molecule has 1 saturated heterocycles. The fraction of sp³-hybridized carbons (Fsp3) is 0.438. The van der Waals surface area contributed by atoms with Crippen LogP contribution in [-0.4, -0.2) is 25.2 Å². The van der Waals surface area contributed by atoms with Crippen molar-refractivity contribution in [3.8, 4) is 0 Å². The zero-order valence-corrected chi connectivity index (χ0v) is 12.3. The lowest BCUT2D eigenvalue weighted by Crippen LogP contribution is -2.24. The number of carbonyl (C=O) groups excluding carboxylic acids is 1. The van der Waals surface area contributed by atoms with Crippen molar-refractivity contribution in [3.05, 3.63) is 46.8 Å². The normalized spacial score (nSPS) is 28.0. The molecule has 0 aromatic heterocycles. The number of ether oxygens (including phenoxy) is 1. The van der Waals surface area contributed by atoms with Crippen LogP contribution in [0.3, 0.4) is 0 Å². The van der Waals surface area contributed by atoms with Gasteiger partial charge in [-0.15, -0.1) is 0 Å². The van der Waals surface area contributed by atoms with E-state index in [1.54, 1.807) is 12.1 Å². The van der Waals surface area contributed by atoms with Crippen LogP contribution in [0.15, 0.2) is 30.4 Å². The van der Waals surface area contributed by atoms with E-state index in [1.807, 2.05) is 12.1 Å². The summed E-state index contributed by atoms with van der Waals surface area (Å²) in [6.07, 6.45) is 5.30. The number of nitrogens with one attached hydrogen (secondary N) is 1. The molecular weight excluding hydrogens is 293 g/mol. The molecule has 3 nitrogen and oxygen atoms in total. The van der Waals surface area contributed by atoms with Gasteiger partial charge >= 0.3 is 0 Å². The topological polar surface area (TPSA) is 38.3 Å². The van der Waals surface area contributed by atoms with Crippen LogP contribution >= 0.6 is 11.6 Å². The van der Waals surface area contributed by atoms with Crippen LogP contribution < -0.4 is 5.32 Å². The summed E-state index contributed by atoms with van der Waals surface area (Å²) in [7, 11) is 0. The Bertz CT molecular complexity index is 569. The van der Waals surface area contributed by atoms with E-state index in [0.29, 0.717) is 12.5 Å². The minimum atomic E-state index is -0.410. The quantitative estimate of drug-likeness (QED) is 0.868. The van der Waals surface area contributed by atoms with E-state index in [2.05, 4.69) is 5.32 Å². The molecular formula is C16H17ClFNO2. The third-order valence-electron chi connectivity index (χ3n) is 3.97. The van der Waals surface area contributed by atoms with E-state index in [1.165, 1.54) is 6.07 Å². The molecule has 1 saturated carbocycles. The molecule has 1 aromatic carbocycles. The standard InChI is InChI=1S/C16H17ClFNO2/c17-13-3-2-11(7-14(13)18)12-8-15(12)19-16(20)4-1-10-5-6-21-9-10/h1-4,7,10,12,15H,5-6,8-9H2,(H,19,20)/b4-1+/t10-,12+,15-/m1/s1. The van der Waals surface area contributed by atoms with Crippen LogP contribution in [-0.2, 0) is 9.53 Å². The van der Waals surface area contributed by atoms with Gasteiger partial charge in [0, 0.05) is 24.5 Å². The highest BCUT2D eigenvalue weighted by atomic mass is 35.5. The summed E-state index contributed by atoms with van der Waals surface area (Å²) in [5.41, 5.74) is 0.885. The van der Waals surface area contributed by atoms with Gasteiger partial charge in [-0.3, -0.25) is 4.79 Å². The minimum absolute atomic E-state index is 0.0857. The van der Waals surface area contributed by atoms with Crippen LogP contribution in [0.4, 0.5) is 4.39 Å². The fourth-order valence-corrected chi connectivity index (χ4v) is 2.74. The van der Waals surface area contributed by atoms with Crippen LogP contribution in [0.5, 0.6) is 0 Å². The third kappa shape index (κ3) is 3.63. The highest BCUT2D eigenvalue weighted by Gasteiger charge is 2.39. The van der Waals surface area contributed by atoms with Crippen LogP contribution in [0.2, 0.25) is 5.02 Å². The zero-order chi connectivity index (χ0) is 14.8. The molecule has 1 amide bonds. The summed E-state index contributed by atoms with van der Waals surface area (Å²) in [5.74, 6) is 0.0242. The SMILES string of the molecule is O=C(/C=C/[C@@H]1CCOC1)N[C@@H]1C[C@H]1c1ccc(Cl)c(F)c1. The summed E-state index contributed by atoms with van der Waals surface area (Å²) >= 11 is 5.67. The number of rotatable bonds is 4. The Hall–Kier alpha value is -1.39. The second-order valence-corrected chi connectivity index (χ2v) is 6.02. The molecule has 0 spiro atoms. The Morgan fingerprint density at radius 1 is 1.48 bits per heavy atom. The van der Waals surface area contributed by atoms with E-state index < -0.39 is 5.82 Å². The van der Waals surface area contributed by atoms with Gasteiger partial charge in [0.05, 0.1) is 11.6 Å². The van der Waals surface area contributed by atoms with E-state index in [4.69, 9.17) is 16.3 Å². The van der Waals surface area contributed by atoms with Crippen molar-refractivity contribution in [2.24, 2.45) is 5.92 Å². The fourth-order valence-electron chi connectivity index (χ4n) is 2.62. The number of benzene rings is 1. The summed E-state index contributed by atoms with van der Waals surface area (Å²) in [4.78, 5) is 11.8. The molecule has 5 heteroatoms. The number of hydrogen-bond acceptors (Lipinski definition) is 2. The molecule has 1 aromatic rings. The van der Waals surface area contributed by atoms with E-state index in [9.17, 15) is 9.18 Å². The molecule has 0 bridgehead atoms. The molecule has 2 fully saturated rings. The lowest BCUT2D eigenvalue weighted by Gasteiger charge is -2.04. The predicted octanol–water partition coefficient (Wildman–Crippen LogP) is 3.04. The lowest BCUT2D eigenvalue weighted by molar-refractivity contribution is -0.116. The second-order valence-electron chi connectivity index (χ2n) is 5.61. The average Bonchev–Trinajstić information content (AvgIpc) is 3.01. The van der Waals surface area contributed by atoms with Crippen molar-refractivity contribution in [2.75, 3.05) is 13.2 Å². The van der Waals surface area contributed by atoms with Crippen molar-refractivity contribution in [3.63, 3.8) is 0 Å². The van der Waals surface area contributed by atoms with E-state index in [-0.39, 0.29) is 22.9 Å². The monoisotopic (exact) mass is 309 g/mol. The van der Waals surface area contributed by atoms with Crippen molar-refractivity contribution < 1.29 is 13.9 Å². The Balaban J connectivity index is 1.51. The first-order valence-corrected chi connectivity index (χ1v) is 7.52. The number of amides is 1. The maximum absolute atomic E-state index is 13.4. The molecule has 2 aliphatic rings. The van der Waals surface area contributed by atoms with Crippen LogP contribution in [0.1, 0.15) is 24.3 Å². The third-order valence-corrected chi connectivity index (χ3v) is 4.28. The van der Waals surface area contributed by atoms with Crippen molar-refractivity contribution in [1.29, 1.82) is 0 Å². The van der Waals surface area contributed by atoms with Gasteiger partial charge in [0.25, 0.3) is 0 Å². The molecule has 0 unspecified atom stereocenters. The Labute approximate surface area is 128 Å². The molecule has 0 radical (unpaired) electrons. The Morgan fingerprint density at radius 3 is 3.05 bits per heavy atom. The molecule has 112 valence electrons. The molecule has 3 rings (SSSR count). The first-order valence-electron chi connectivity index (χ1n) is 7.15. The molecule has 1 aliphatic heterocycles. The Morgan fingerprint density at radius 2 is 2.33 bits per heavy atom. The van der Waals surface area contributed by atoms with E-state index >= 15 is 0 Å². The van der Waals surface area contributed by atoms with Crippen molar-refractivity contribution in [2.45, 2.75) is 24.8 Å². The number of hydrogen-bond donors (Lipinski definition) is 1. The minimum Gasteiger partial charge on any atom is -0.381 e. The second kappa shape index (κ2) is 6.16. The molecule has 1 heterocycles. The summed E-state index contributed by atoms with van der Waals surface area (Å²) in [5, 5.41) is 3.07. The van der Waals surface area contributed by atoms with Gasteiger partial charge in [-0.1, -0.05) is 23.7 Å². The van der Waals surface area contributed by atoms with Crippen LogP contribution in [0, 0.1) is 11.7 Å². The zero-order valence-electron chi connectivity index (χ0n) is 11.5. The van der Waals surface area contributed by atoms with Crippen molar-refractivity contribution >= 4 is 17.5 Å². The first-order chi connectivity index (χ1) is 10.1. The molecule has 1 aliphatic carbocycles. The maximum atomic E-state index is 13.4. The maximum Gasteiger partial charge on any atom is 0.243 e. The smallest absolute Gasteiger partial charge is 0.243 e. The van der Waals surface area contributed by atoms with Crippen LogP contribution in [0.25, 0.3) is 0 Å². The Kier molecular flexibility index (Phi) is 4.27. The first kappa shape index (κ1) is 14.5. The summed E-state index contributed by atoms with van der Waals surface area (Å²) in [6, 6.07) is 4.91. The highest BCUT2D eigenvalue weighted by Crippen LogP contribution is 2.41. The van der Waals surface area contributed by atoms with Gasteiger partial charge in [0.15, 0.2) is 0 Å². The molecule has 3 atom stereocenters. The van der Waals surface area contributed by atoms with Crippen molar-refractivity contribution in [1.82, 2.24) is 5.32 Å². The summed E-state index contributed by atoms with van der Waals surface area (Å²) in [6.45, 7) is 1.46. The van der Waals surface area contributed by atoms with Gasteiger partial charge in [-0.05, 0) is 36.6 Å². The number of carbonyl (C=O) groups is 1. The molecule has 21 heavy (non-hydrogen) atoms. The van der Waals surface area contributed by atoms with Gasteiger partial charge in [-0.25, -0.2) is 4.39 Å². The van der Waals surface area contributed by atoms with Gasteiger partial charge in [0.1, 0.15) is 5.82 Å². The van der Waals surface area contributed by atoms with E-state index in [0.717, 1.165) is 25.0 Å². The largest absolute Gasteiger partial charge is 0.381 e. The predicted molar refractivity (Wildman–Crippen MR) is 78.8 cm³/mol. The van der Waals surface area contributed by atoms with Gasteiger partial charge < -0.3 is 10.1 Å². The number of halogens is 2. The van der Waals surface area contributed by atoms with Gasteiger partial charge in [-0.2, -0.15) is 0 Å².